The summed E-state index contributed by atoms with van der Waals surface area (Å²) in [6.07, 6.45) is 0. The quantitative estimate of drug-likeness (QED) is 0.814. The number of hydrogen-bond donors (Lipinski definition) is 0. The lowest BCUT2D eigenvalue weighted by molar-refractivity contribution is -0.115. The summed E-state index contributed by atoms with van der Waals surface area (Å²) in [5.41, 5.74) is 1.90. The topological polar surface area (TPSA) is 20.3 Å². The molecule has 1 amide bonds. The van der Waals surface area contributed by atoms with Crippen LogP contribution in [0.15, 0.2) is 35.7 Å². The van der Waals surface area contributed by atoms with Crippen LogP contribution in [0.5, 0.6) is 0 Å². The maximum absolute atomic E-state index is 12.1. The third kappa shape index (κ3) is 2.40. The van der Waals surface area contributed by atoms with E-state index in [0.29, 0.717) is 10.8 Å². The van der Waals surface area contributed by atoms with Gasteiger partial charge in [0, 0.05) is 15.6 Å². The first-order valence-corrected chi connectivity index (χ1v) is 8.20. The predicted molar refractivity (Wildman–Crippen MR) is 83.2 cm³/mol. The Kier molecular flexibility index (Phi) is 3.56. The van der Waals surface area contributed by atoms with Gasteiger partial charge in [-0.3, -0.25) is 9.69 Å². The minimum absolute atomic E-state index is 0.0753. The van der Waals surface area contributed by atoms with Gasteiger partial charge in [0.05, 0.1) is 5.75 Å². The molecule has 0 bridgehead atoms. The monoisotopic (exact) mass is 309 g/mol. The van der Waals surface area contributed by atoms with Crippen LogP contribution in [0.25, 0.3) is 0 Å². The van der Waals surface area contributed by atoms with Gasteiger partial charge in [-0.25, -0.2) is 0 Å². The molecular weight excluding hydrogens is 298 g/mol. The first kappa shape index (κ1) is 13.0. The van der Waals surface area contributed by atoms with Crippen molar-refractivity contribution in [1.29, 1.82) is 0 Å². The van der Waals surface area contributed by atoms with E-state index in [2.05, 4.69) is 6.07 Å². The summed E-state index contributed by atoms with van der Waals surface area (Å²) in [6, 6.07) is 9.89. The van der Waals surface area contributed by atoms with E-state index in [0.717, 1.165) is 11.3 Å². The zero-order valence-electron chi connectivity index (χ0n) is 10.3. The average Bonchev–Trinajstić information content (AvgIpc) is 3.01. The maximum Gasteiger partial charge on any atom is 0.238 e. The van der Waals surface area contributed by atoms with Gasteiger partial charge in [-0.05, 0) is 36.1 Å². The average molecular weight is 310 g/mol. The molecular formula is C14H12ClNOS2. The number of carbonyl (C=O) groups excluding carboxylic acids is 1. The highest BCUT2D eigenvalue weighted by atomic mass is 35.5. The number of halogens is 1. The number of anilines is 1. The molecule has 19 heavy (non-hydrogen) atoms. The Morgan fingerprint density at radius 2 is 2.21 bits per heavy atom. The zero-order valence-corrected chi connectivity index (χ0v) is 12.7. The molecule has 0 spiro atoms. The predicted octanol–water partition coefficient (Wildman–Crippen LogP) is 4.49. The summed E-state index contributed by atoms with van der Waals surface area (Å²) in [7, 11) is 0. The van der Waals surface area contributed by atoms with Gasteiger partial charge in [0.15, 0.2) is 0 Å². The van der Waals surface area contributed by atoms with Crippen molar-refractivity contribution in [2.45, 2.75) is 12.3 Å². The Balaban J connectivity index is 2.00. The lowest BCUT2D eigenvalue weighted by Gasteiger charge is -2.23. The smallest absolute Gasteiger partial charge is 0.238 e. The van der Waals surface area contributed by atoms with Crippen LogP contribution in [0, 0.1) is 6.92 Å². The standard InChI is InChI=1S/C14H12ClNOS2/c1-9-4-5-10(7-11(9)15)16-13(17)8-19-14(16)12-3-2-6-18-12/h2-7,14H,8H2,1H3. The fraction of sp³-hybridized carbons (Fsp3) is 0.214. The lowest BCUT2D eigenvalue weighted by atomic mass is 10.2. The first-order valence-electron chi connectivity index (χ1n) is 5.90. The summed E-state index contributed by atoms with van der Waals surface area (Å²) in [4.78, 5) is 15.2. The number of hydrogen-bond acceptors (Lipinski definition) is 3. The van der Waals surface area contributed by atoms with Crippen molar-refractivity contribution in [3.05, 3.63) is 51.2 Å². The summed E-state index contributed by atoms with van der Waals surface area (Å²) in [5.74, 6) is 0.664. The SMILES string of the molecule is Cc1ccc(N2C(=O)CSC2c2cccs2)cc1Cl. The van der Waals surface area contributed by atoms with Gasteiger partial charge in [-0.15, -0.1) is 23.1 Å². The Morgan fingerprint density at radius 1 is 1.37 bits per heavy atom. The molecule has 1 saturated heterocycles. The first-order chi connectivity index (χ1) is 9.16. The second-order valence-corrected chi connectivity index (χ2v) is 6.83. The second-order valence-electron chi connectivity index (χ2n) is 4.38. The van der Waals surface area contributed by atoms with Crippen LogP contribution in [0.4, 0.5) is 5.69 Å². The Morgan fingerprint density at radius 3 is 2.89 bits per heavy atom. The van der Waals surface area contributed by atoms with Crippen molar-refractivity contribution in [3.8, 4) is 0 Å². The molecule has 1 aliphatic rings. The van der Waals surface area contributed by atoms with Crippen LogP contribution in [-0.2, 0) is 4.79 Å². The van der Waals surface area contributed by atoms with Crippen molar-refractivity contribution >= 4 is 46.3 Å². The zero-order chi connectivity index (χ0) is 13.4. The van der Waals surface area contributed by atoms with E-state index >= 15 is 0 Å². The third-order valence-corrected chi connectivity index (χ3v) is 5.76. The molecule has 0 N–H and O–H groups in total. The number of aryl methyl sites for hydroxylation is 1. The fourth-order valence-corrected chi connectivity index (χ4v) is 4.39. The van der Waals surface area contributed by atoms with Gasteiger partial charge in [0.25, 0.3) is 0 Å². The highest BCUT2D eigenvalue weighted by Gasteiger charge is 2.34. The van der Waals surface area contributed by atoms with Gasteiger partial charge < -0.3 is 0 Å². The largest absolute Gasteiger partial charge is 0.294 e. The van der Waals surface area contributed by atoms with E-state index in [4.69, 9.17) is 11.6 Å². The number of amides is 1. The Labute approximate surface area is 125 Å². The number of thioether (sulfide) groups is 1. The molecule has 0 aliphatic carbocycles. The Hall–Kier alpha value is -0.970. The van der Waals surface area contributed by atoms with Gasteiger partial charge in [0.2, 0.25) is 5.91 Å². The molecule has 98 valence electrons. The van der Waals surface area contributed by atoms with E-state index in [1.807, 2.05) is 41.5 Å². The lowest BCUT2D eigenvalue weighted by Crippen LogP contribution is -2.27. The van der Waals surface area contributed by atoms with Crippen LogP contribution < -0.4 is 4.90 Å². The van der Waals surface area contributed by atoms with Crippen LogP contribution in [-0.4, -0.2) is 11.7 Å². The Bertz CT molecular complexity index is 612. The fourth-order valence-electron chi connectivity index (χ4n) is 2.08. The summed E-state index contributed by atoms with van der Waals surface area (Å²) in [5, 5.41) is 2.82. The summed E-state index contributed by atoms with van der Waals surface area (Å²) in [6.45, 7) is 1.96. The molecule has 1 fully saturated rings. The highest BCUT2D eigenvalue weighted by molar-refractivity contribution is 8.01. The minimum atomic E-state index is 0.0753. The van der Waals surface area contributed by atoms with Crippen LogP contribution >= 0.6 is 34.7 Å². The van der Waals surface area contributed by atoms with Crippen molar-refractivity contribution in [3.63, 3.8) is 0 Å². The molecule has 3 rings (SSSR count). The molecule has 1 aromatic carbocycles. The molecule has 0 saturated carbocycles. The van der Waals surface area contributed by atoms with Crippen molar-refractivity contribution in [2.24, 2.45) is 0 Å². The molecule has 2 nitrogen and oxygen atoms in total. The molecule has 0 radical (unpaired) electrons. The molecule has 1 aliphatic heterocycles. The molecule has 2 aromatic rings. The van der Waals surface area contributed by atoms with Gasteiger partial charge in [-0.2, -0.15) is 0 Å². The number of nitrogens with zero attached hydrogens (tertiary/aromatic N) is 1. The summed E-state index contributed by atoms with van der Waals surface area (Å²) < 4.78 is 0. The van der Waals surface area contributed by atoms with Gasteiger partial charge in [0.1, 0.15) is 5.37 Å². The van der Waals surface area contributed by atoms with E-state index in [1.54, 1.807) is 23.1 Å². The van der Waals surface area contributed by atoms with E-state index in [9.17, 15) is 4.79 Å². The van der Waals surface area contributed by atoms with Crippen LogP contribution in [0.3, 0.4) is 0 Å². The van der Waals surface area contributed by atoms with Gasteiger partial charge in [-0.1, -0.05) is 23.7 Å². The summed E-state index contributed by atoms with van der Waals surface area (Å²) >= 11 is 9.52. The van der Waals surface area contributed by atoms with Gasteiger partial charge >= 0.3 is 0 Å². The number of benzene rings is 1. The highest BCUT2D eigenvalue weighted by Crippen LogP contribution is 2.43. The molecule has 1 atom stereocenters. The number of carbonyl (C=O) groups is 1. The normalized spacial score (nSPS) is 19.2. The molecule has 1 aromatic heterocycles. The molecule has 5 heteroatoms. The van der Waals surface area contributed by atoms with Crippen molar-refractivity contribution in [1.82, 2.24) is 0 Å². The number of rotatable bonds is 2. The minimum Gasteiger partial charge on any atom is -0.294 e. The van der Waals surface area contributed by atoms with Crippen LogP contribution in [0.2, 0.25) is 5.02 Å². The van der Waals surface area contributed by atoms with Crippen LogP contribution in [0.1, 0.15) is 15.8 Å². The third-order valence-electron chi connectivity index (χ3n) is 3.09. The van der Waals surface area contributed by atoms with Crippen molar-refractivity contribution in [2.75, 3.05) is 10.7 Å². The molecule has 2 heterocycles. The number of thiophene rings is 1. The second kappa shape index (κ2) is 5.19. The van der Waals surface area contributed by atoms with E-state index < -0.39 is 0 Å². The van der Waals surface area contributed by atoms with E-state index in [1.165, 1.54) is 4.88 Å². The molecule has 1 unspecified atom stereocenters. The maximum atomic E-state index is 12.1. The van der Waals surface area contributed by atoms with E-state index in [-0.39, 0.29) is 11.3 Å². The van der Waals surface area contributed by atoms with Crippen molar-refractivity contribution < 1.29 is 4.79 Å².